The molecule has 2 rings (SSSR count). The fourth-order valence-electron chi connectivity index (χ4n) is 3.11. The molecule has 2 unspecified atom stereocenters. The van der Waals surface area contributed by atoms with E-state index in [1.807, 2.05) is 7.05 Å². The molecule has 0 aromatic heterocycles. The lowest BCUT2D eigenvalue weighted by Gasteiger charge is -2.29. The Bertz CT molecular complexity index is 532. The van der Waals surface area contributed by atoms with Gasteiger partial charge in [-0.25, -0.2) is 0 Å². The van der Waals surface area contributed by atoms with E-state index in [1.54, 1.807) is 0 Å². The molecule has 1 aliphatic rings. The number of hydrogen-bond donors (Lipinski definition) is 2. The average molecular weight is 460 g/mol. The van der Waals surface area contributed by atoms with Gasteiger partial charge in [-0.3, -0.25) is 9.89 Å². The van der Waals surface area contributed by atoms with Crippen LogP contribution in [0.15, 0.2) is 29.3 Å². The quantitative estimate of drug-likeness (QED) is 0.390. The number of rotatable bonds is 6. The number of aliphatic imine (C=N–C) groups is 1. The summed E-state index contributed by atoms with van der Waals surface area (Å²) in [5.41, 5.74) is 2.61. The van der Waals surface area contributed by atoms with E-state index in [1.165, 1.54) is 11.1 Å². The summed E-state index contributed by atoms with van der Waals surface area (Å²) in [4.78, 5) is 6.84. The first-order valence-electron chi connectivity index (χ1n) is 8.93. The summed E-state index contributed by atoms with van der Waals surface area (Å²) in [5.74, 6) is 1.43. The van der Waals surface area contributed by atoms with E-state index in [0.29, 0.717) is 5.92 Å². The zero-order valence-electron chi connectivity index (χ0n) is 15.9. The second kappa shape index (κ2) is 11.7. The molecule has 1 saturated heterocycles. The van der Waals surface area contributed by atoms with Crippen molar-refractivity contribution in [3.8, 4) is 0 Å². The molecule has 2 atom stereocenters. The minimum atomic E-state index is 0. The summed E-state index contributed by atoms with van der Waals surface area (Å²) in [6.45, 7) is 12.4. The van der Waals surface area contributed by atoms with Gasteiger partial charge in [0, 0.05) is 33.2 Å². The molecule has 0 aliphatic carbocycles. The standard InChI is InChI=1S/C19H32N4O.HI/c1-15(14-23-9-11-24-12-10-23)13-21-19(20-4)22-17(3)18-8-6-5-7-16(18)2;/h5-8,15,17H,9-14H2,1-4H3,(H2,20,21,22);1H. The van der Waals surface area contributed by atoms with Gasteiger partial charge < -0.3 is 15.4 Å². The predicted molar refractivity (Wildman–Crippen MR) is 116 cm³/mol. The molecule has 1 aromatic rings. The van der Waals surface area contributed by atoms with Gasteiger partial charge in [-0.1, -0.05) is 31.2 Å². The maximum atomic E-state index is 5.41. The molecule has 0 spiro atoms. The number of nitrogens with one attached hydrogen (secondary N) is 2. The summed E-state index contributed by atoms with van der Waals surface area (Å²) in [7, 11) is 1.83. The van der Waals surface area contributed by atoms with Crippen molar-refractivity contribution >= 4 is 29.9 Å². The van der Waals surface area contributed by atoms with Gasteiger partial charge in [0.2, 0.25) is 0 Å². The normalized spacial score (nSPS) is 18.2. The number of halogens is 1. The molecular weight excluding hydrogens is 427 g/mol. The lowest BCUT2D eigenvalue weighted by atomic mass is 10.0. The minimum Gasteiger partial charge on any atom is -0.379 e. The highest BCUT2D eigenvalue weighted by Gasteiger charge is 2.15. The molecule has 5 nitrogen and oxygen atoms in total. The molecule has 1 fully saturated rings. The van der Waals surface area contributed by atoms with E-state index < -0.39 is 0 Å². The molecule has 6 heteroatoms. The summed E-state index contributed by atoms with van der Waals surface area (Å²) in [5, 5.41) is 6.95. The first-order chi connectivity index (χ1) is 11.6. The van der Waals surface area contributed by atoms with Gasteiger partial charge in [-0.15, -0.1) is 24.0 Å². The van der Waals surface area contributed by atoms with Crippen LogP contribution < -0.4 is 10.6 Å². The summed E-state index contributed by atoms with van der Waals surface area (Å²) in [6, 6.07) is 8.70. The molecule has 1 aliphatic heterocycles. The third kappa shape index (κ3) is 7.50. The Kier molecular flexibility index (Phi) is 10.4. The van der Waals surface area contributed by atoms with E-state index in [0.717, 1.165) is 45.4 Å². The van der Waals surface area contributed by atoms with Crippen molar-refractivity contribution in [1.82, 2.24) is 15.5 Å². The lowest BCUT2D eigenvalue weighted by Crippen LogP contribution is -2.44. The number of aryl methyl sites for hydroxylation is 1. The Balaban J connectivity index is 0.00000312. The number of ether oxygens (including phenoxy) is 1. The SMILES string of the molecule is CN=C(NCC(C)CN1CCOCC1)NC(C)c1ccccc1C.I. The van der Waals surface area contributed by atoms with Crippen LogP contribution in [0.2, 0.25) is 0 Å². The summed E-state index contributed by atoms with van der Waals surface area (Å²) in [6.07, 6.45) is 0. The third-order valence-electron chi connectivity index (χ3n) is 4.52. The topological polar surface area (TPSA) is 48.9 Å². The van der Waals surface area contributed by atoms with Crippen molar-refractivity contribution in [3.63, 3.8) is 0 Å². The first kappa shape index (κ1) is 22.2. The lowest BCUT2D eigenvalue weighted by molar-refractivity contribution is 0.0320. The van der Waals surface area contributed by atoms with Crippen LogP contribution in [0.3, 0.4) is 0 Å². The Morgan fingerprint density at radius 1 is 1.24 bits per heavy atom. The van der Waals surface area contributed by atoms with Crippen LogP contribution in [0.4, 0.5) is 0 Å². The van der Waals surface area contributed by atoms with Crippen LogP contribution in [-0.2, 0) is 4.74 Å². The van der Waals surface area contributed by atoms with Crippen LogP contribution in [0, 0.1) is 12.8 Å². The van der Waals surface area contributed by atoms with Crippen molar-refractivity contribution < 1.29 is 4.74 Å². The van der Waals surface area contributed by atoms with Crippen molar-refractivity contribution in [2.24, 2.45) is 10.9 Å². The molecule has 0 saturated carbocycles. The minimum absolute atomic E-state index is 0. The molecule has 0 bridgehead atoms. The van der Waals surface area contributed by atoms with Gasteiger partial charge in [0.25, 0.3) is 0 Å². The van der Waals surface area contributed by atoms with E-state index >= 15 is 0 Å². The van der Waals surface area contributed by atoms with E-state index in [9.17, 15) is 0 Å². The van der Waals surface area contributed by atoms with Gasteiger partial charge in [-0.05, 0) is 30.9 Å². The Morgan fingerprint density at radius 3 is 2.56 bits per heavy atom. The second-order valence-corrected chi connectivity index (χ2v) is 6.69. The number of morpholine rings is 1. The highest BCUT2D eigenvalue weighted by molar-refractivity contribution is 14.0. The van der Waals surface area contributed by atoms with Crippen LogP contribution in [0.1, 0.15) is 31.0 Å². The monoisotopic (exact) mass is 460 g/mol. The van der Waals surface area contributed by atoms with Crippen molar-refractivity contribution in [2.75, 3.05) is 46.4 Å². The Morgan fingerprint density at radius 2 is 1.92 bits per heavy atom. The maximum Gasteiger partial charge on any atom is 0.191 e. The Labute approximate surface area is 169 Å². The molecule has 1 aromatic carbocycles. The number of nitrogens with zero attached hydrogens (tertiary/aromatic N) is 2. The van der Waals surface area contributed by atoms with E-state index in [-0.39, 0.29) is 30.0 Å². The highest BCUT2D eigenvalue weighted by atomic mass is 127. The van der Waals surface area contributed by atoms with Gasteiger partial charge in [0.1, 0.15) is 0 Å². The number of guanidine groups is 1. The summed E-state index contributed by atoms with van der Waals surface area (Å²) >= 11 is 0. The second-order valence-electron chi connectivity index (χ2n) is 6.69. The van der Waals surface area contributed by atoms with Gasteiger partial charge in [-0.2, -0.15) is 0 Å². The molecule has 0 amide bonds. The van der Waals surface area contributed by atoms with Crippen LogP contribution >= 0.6 is 24.0 Å². The third-order valence-corrected chi connectivity index (χ3v) is 4.52. The largest absolute Gasteiger partial charge is 0.379 e. The fourth-order valence-corrected chi connectivity index (χ4v) is 3.11. The van der Waals surface area contributed by atoms with Crippen molar-refractivity contribution in [2.45, 2.75) is 26.8 Å². The summed E-state index contributed by atoms with van der Waals surface area (Å²) < 4.78 is 5.41. The highest BCUT2D eigenvalue weighted by Crippen LogP contribution is 2.16. The molecule has 0 radical (unpaired) electrons. The fraction of sp³-hybridized carbons (Fsp3) is 0.632. The van der Waals surface area contributed by atoms with Crippen LogP contribution in [0.5, 0.6) is 0 Å². The molecule has 142 valence electrons. The average Bonchev–Trinajstić information content (AvgIpc) is 2.59. The smallest absolute Gasteiger partial charge is 0.191 e. The van der Waals surface area contributed by atoms with Crippen molar-refractivity contribution in [3.05, 3.63) is 35.4 Å². The zero-order valence-corrected chi connectivity index (χ0v) is 18.2. The van der Waals surface area contributed by atoms with Gasteiger partial charge in [0.15, 0.2) is 5.96 Å². The van der Waals surface area contributed by atoms with Crippen LogP contribution in [0.25, 0.3) is 0 Å². The zero-order chi connectivity index (χ0) is 17.4. The van der Waals surface area contributed by atoms with Crippen LogP contribution in [-0.4, -0.2) is 57.3 Å². The molecule has 1 heterocycles. The van der Waals surface area contributed by atoms with E-state index in [4.69, 9.17) is 4.74 Å². The Hall–Kier alpha value is -0.860. The predicted octanol–water partition coefficient (Wildman–Crippen LogP) is 2.81. The molecule has 25 heavy (non-hydrogen) atoms. The number of hydrogen-bond acceptors (Lipinski definition) is 3. The van der Waals surface area contributed by atoms with Gasteiger partial charge in [0.05, 0.1) is 19.3 Å². The number of benzene rings is 1. The van der Waals surface area contributed by atoms with Crippen molar-refractivity contribution in [1.29, 1.82) is 0 Å². The molecule has 2 N–H and O–H groups in total. The van der Waals surface area contributed by atoms with Gasteiger partial charge >= 0.3 is 0 Å². The first-order valence-corrected chi connectivity index (χ1v) is 8.93. The molecular formula is C19H33IN4O. The van der Waals surface area contributed by atoms with E-state index in [2.05, 4.69) is 65.6 Å². The maximum absolute atomic E-state index is 5.41.